The van der Waals surface area contributed by atoms with E-state index in [-0.39, 0.29) is 17.7 Å². The Morgan fingerprint density at radius 3 is 2.46 bits per heavy atom. The zero-order chi connectivity index (χ0) is 17.1. The number of hydrogen-bond donors (Lipinski definition) is 0. The summed E-state index contributed by atoms with van der Waals surface area (Å²) in [5.41, 5.74) is 0.589. The number of ether oxygens (including phenoxy) is 1. The predicted octanol–water partition coefficient (Wildman–Crippen LogP) is 3.74. The molecule has 8 heteroatoms. The second-order valence-corrected chi connectivity index (χ2v) is 6.48. The Labute approximate surface area is 149 Å². The Balaban J connectivity index is 1.83. The molecule has 0 aliphatic carbocycles. The van der Waals surface area contributed by atoms with Gasteiger partial charge in [-0.3, -0.25) is 4.79 Å². The summed E-state index contributed by atoms with van der Waals surface area (Å²) >= 11 is 12.0. The first-order valence-electron chi connectivity index (χ1n) is 7.70. The molecule has 128 valence electrons. The predicted molar refractivity (Wildman–Crippen MR) is 89.9 cm³/mol. The summed E-state index contributed by atoms with van der Waals surface area (Å²) in [4.78, 5) is 14.4. The third-order valence-corrected chi connectivity index (χ3v) is 4.34. The van der Waals surface area contributed by atoms with Gasteiger partial charge in [0.05, 0.1) is 0 Å². The van der Waals surface area contributed by atoms with E-state index in [1.54, 1.807) is 23.1 Å². The van der Waals surface area contributed by atoms with Crippen molar-refractivity contribution in [1.82, 2.24) is 15.1 Å². The highest BCUT2D eigenvalue weighted by molar-refractivity contribution is 6.35. The summed E-state index contributed by atoms with van der Waals surface area (Å²) in [5.74, 6) is 0.207. The summed E-state index contributed by atoms with van der Waals surface area (Å²) in [6.45, 7) is 1.45. The van der Waals surface area contributed by atoms with Crippen molar-refractivity contribution in [2.45, 2.75) is 25.4 Å². The lowest BCUT2D eigenvalue weighted by Gasteiger charge is -2.28. The van der Waals surface area contributed by atoms with Crippen LogP contribution in [0, 0.1) is 0 Å². The summed E-state index contributed by atoms with van der Waals surface area (Å²) < 4.78 is 10.9. The number of hydrogen-bond acceptors (Lipinski definition) is 5. The van der Waals surface area contributed by atoms with Gasteiger partial charge in [-0.15, -0.1) is 10.2 Å². The first-order chi connectivity index (χ1) is 11.6. The number of methoxy groups -OCH3 is 1. The molecule has 1 unspecified atom stereocenters. The molecule has 1 fully saturated rings. The highest BCUT2D eigenvalue weighted by atomic mass is 35.5. The van der Waals surface area contributed by atoms with Gasteiger partial charge in [0.2, 0.25) is 12.0 Å². The number of nitrogens with zero attached hydrogens (tertiary/aromatic N) is 3. The maximum atomic E-state index is 12.6. The lowest BCUT2D eigenvalue weighted by molar-refractivity contribution is -0.144. The Morgan fingerprint density at radius 1 is 1.17 bits per heavy atom. The van der Waals surface area contributed by atoms with Crippen molar-refractivity contribution in [3.05, 3.63) is 34.1 Å². The van der Waals surface area contributed by atoms with E-state index in [0.717, 1.165) is 32.4 Å². The molecule has 3 rings (SSSR count). The SMILES string of the molecule is COC(C(=O)N1CCCCC1)c1nnc(-c2cc(Cl)cc(Cl)c2)o1. The third-order valence-electron chi connectivity index (χ3n) is 3.90. The van der Waals surface area contributed by atoms with Crippen molar-refractivity contribution in [1.29, 1.82) is 0 Å². The highest BCUT2D eigenvalue weighted by Gasteiger charge is 2.31. The van der Waals surface area contributed by atoms with Gasteiger partial charge in [-0.2, -0.15) is 0 Å². The fourth-order valence-electron chi connectivity index (χ4n) is 2.72. The van der Waals surface area contributed by atoms with Gasteiger partial charge in [0.1, 0.15) is 0 Å². The number of halogens is 2. The van der Waals surface area contributed by atoms with Gasteiger partial charge in [0.15, 0.2) is 0 Å². The number of benzene rings is 1. The van der Waals surface area contributed by atoms with Crippen LogP contribution in [0.25, 0.3) is 11.5 Å². The van der Waals surface area contributed by atoms with Gasteiger partial charge in [-0.1, -0.05) is 23.2 Å². The molecule has 0 N–H and O–H groups in total. The van der Waals surface area contributed by atoms with E-state index in [0.29, 0.717) is 15.6 Å². The number of carbonyl (C=O) groups is 1. The van der Waals surface area contributed by atoms with E-state index in [2.05, 4.69) is 10.2 Å². The molecule has 2 heterocycles. The quantitative estimate of drug-likeness (QED) is 0.820. The number of amides is 1. The van der Waals surface area contributed by atoms with Crippen molar-refractivity contribution in [3.63, 3.8) is 0 Å². The van der Waals surface area contributed by atoms with E-state index in [1.807, 2.05) is 0 Å². The Hall–Kier alpha value is -1.63. The molecule has 1 atom stereocenters. The van der Waals surface area contributed by atoms with Crippen LogP contribution in [0.5, 0.6) is 0 Å². The molecule has 6 nitrogen and oxygen atoms in total. The molecule has 1 aromatic carbocycles. The van der Waals surface area contributed by atoms with Gasteiger partial charge in [-0.05, 0) is 37.5 Å². The Kier molecular flexibility index (Phi) is 5.38. The van der Waals surface area contributed by atoms with Crippen LogP contribution in [0.15, 0.2) is 22.6 Å². The molecule has 24 heavy (non-hydrogen) atoms. The third kappa shape index (κ3) is 3.71. The van der Waals surface area contributed by atoms with Crippen molar-refractivity contribution < 1.29 is 13.9 Å². The standard InChI is InChI=1S/C16H17Cl2N3O3/c1-23-13(16(22)21-5-3-2-4-6-21)15-20-19-14(24-15)10-7-11(17)9-12(18)8-10/h7-9,13H,2-6H2,1H3. The van der Waals surface area contributed by atoms with E-state index in [1.165, 1.54) is 7.11 Å². The number of likely N-dealkylation sites (tertiary alicyclic amines) is 1. The van der Waals surface area contributed by atoms with E-state index >= 15 is 0 Å². The number of aromatic nitrogens is 2. The normalized spacial score (nSPS) is 16.2. The van der Waals surface area contributed by atoms with Crippen molar-refractivity contribution in [2.75, 3.05) is 20.2 Å². The lowest BCUT2D eigenvalue weighted by Crippen LogP contribution is -2.39. The fourth-order valence-corrected chi connectivity index (χ4v) is 3.25. The summed E-state index contributed by atoms with van der Waals surface area (Å²) in [5, 5.41) is 8.87. The Bertz CT molecular complexity index is 709. The molecule has 1 amide bonds. The van der Waals surface area contributed by atoms with Gasteiger partial charge in [0.25, 0.3) is 11.8 Å². The van der Waals surface area contributed by atoms with Crippen LogP contribution in [0.2, 0.25) is 10.0 Å². The zero-order valence-electron chi connectivity index (χ0n) is 13.2. The van der Waals surface area contributed by atoms with E-state index in [9.17, 15) is 4.79 Å². The van der Waals surface area contributed by atoms with Crippen LogP contribution in [0.1, 0.15) is 31.3 Å². The van der Waals surface area contributed by atoms with E-state index in [4.69, 9.17) is 32.4 Å². The lowest BCUT2D eigenvalue weighted by atomic mass is 10.1. The minimum Gasteiger partial charge on any atom is -0.417 e. The second kappa shape index (κ2) is 7.51. The molecule has 1 saturated heterocycles. The summed E-state index contributed by atoms with van der Waals surface area (Å²) in [6, 6.07) is 4.94. The first-order valence-corrected chi connectivity index (χ1v) is 8.45. The van der Waals surface area contributed by atoms with Crippen LogP contribution in [-0.4, -0.2) is 41.2 Å². The minimum absolute atomic E-state index is 0.124. The summed E-state index contributed by atoms with van der Waals surface area (Å²) in [7, 11) is 1.45. The average molecular weight is 370 g/mol. The van der Waals surface area contributed by atoms with Crippen LogP contribution in [0.4, 0.5) is 0 Å². The molecule has 0 bridgehead atoms. The van der Waals surface area contributed by atoms with Crippen LogP contribution >= 0.6 is 23.2 Å². The number of rotatable bonds is 4. The van der Waals surface area contributed by atoms with Crippen LogP contribution in [0.3, 0.4) is 0 Å². The topological polar surface area (TPSA) is 68.5 Å². The molecule has 1 aliphatic rings. The number of carbonyl (C=O) groups excluding carboxylic acids is 1. The molecular formula is C16H17Cl2N3O3. The van der Waals surface area contributed by atoms with Gasteiger partial charge < -0.3 is 14.1 Å². The smallest absolute Gasteiger partial charge is 0.261 e. The largest absolute Gasteiger partial charge is 0.417 e. The van der Waals surface area contributed by atoms with Crippen LogP contribution in [-0.2, 0) is 9.53 Å². The first kappa shape index (κ1) is 17.2. The monoisotopic (exact) mass is 369 g/mol. The molecule has 0 saturated carbocycles. The van der Waals surface area contributed by atoms with Gasteiger partial charge >= 0.3 is 0 Å². The minimum atomic E-state index is -0.904. The number of piperidine rings is 1. The molecule has 1 aromatic heterocycles. The second-order valence-electron chi connectivity index (χ2n) is 5.61. The van der Waals surface area contributed by atoms with Gasteiger partial charge in [0, 0.05) is 35.8 Å². The molecule has 0 spiro atoms. The zero-order valence-corrected chi connectivity index (χ0v) is 14.7. The maximum absolute atomic E-state index is 12.6. The van der Waals surface area contributed by atoms with Gasteiger partial charge in [-0.25, -0.2) is 0 Å². The molecule has 0 radical (unpaired) electrons. The van der Waals surface area contributed by atoms with Crippen molar-refractivity contribution in [2.24, 2.45) is 0 Å². The maximum Gasteiger partial charge on any atom is 0.261 e. The highest BCUT2D eigenvalue weighted by Crippen LogP contribution is 2.28. The fraction of sp³-hybridized carbons (Fsp3) is 0.438. The average Bonchev–Trinajstić information content (AvgIpc) is 3.05. The van der Waals surface area contributed by atoms with Crippen molar-refractivity contribution in [3.8, 4) is 11.5 Å². The summed E-state index contributed by atoms with van der Waals surface area (Å²) in [6.07, 6.45) is 2.23. The molecular weight excluding hydrogens is 353 g/mol. The van der Waals surface area contributed by atoms with E-state index < -0.39 is 6.10 Å². The van der Waals surface area contributed by atoms with Crippen molar-refractivity contribution >= 4 is 29.1 Å². The Morgan fingerprint density at radius 2 is 1.83 bits per heavy atom. The van der Waals surface area contributed by atoms with Crippen LogP contribution < -0.4 is 0 Å². The molecule has 2 aromatic rings. The molecule has 1 aliphatic heterocycles.